The highest BCUT2D eigenvalue weighted by atomic mass is 19.1. The minimum Gasteiger partial charge on any atom is -0.386 e. The Labute approximate surface area is 150 Å². The second-order valence-corrected chi connectivity index (χ2v) is 6.78. The second-order valence-electron chi connectivity index (χ2n) is 6.78. The zero-order valence-electron chi connectivity index (χ0n) is 14.5. The number of halogens is 1. The number of hydrogen-bond acceptors (Lipinski definition) is 3. The van der Waals surface area contributed by atoms with E-state index in [0.29, 0.717) is 5.56 Å². The molecule has 4 aromatic rings. The van der Waals surface area contributed by atoms with Crippen molar-refractivity contribution in [2.24, 2.45) is 0 Å². The predicted octanol–water partition coefficient (Wildman–Crippen LogP) is 4.45. The maximum absolute atomic E-state index is 14.1. The molecular weight excluding hydrogens is 329 g/mol. The quantitative estimate of drug-likeness (QED) is 0.595. The van der Waals surface area contributed by atoms with Crippen molar-refractivity contribution in [3.8, 4) is 16.8 Å². The van der Waals surface area contributed by atoms with Gasteiger partial charge in [0.05, 0.1) is 22.8 Å². The zero-order chi connectivity index (χ0) is 18.3. The van der Waals surface area contributed by atoms with Gasteiger partial charge in [0, 0.05) is 17.4 Å². The number of fused-ring (bicyclic) bond motifs is 1. The topological polar surface area (TPSA) is 50.9 Å². The van der Waals surface area contributed by atoms with Crippen LogP contribution in [0.15, 0.2) is 67.3 Å². The van der Waals surface area contributed by atoms with Crippen molar-refractivity contribution in [3.63, 3.8) is 0 Å². The molecule has 0 spiro atoms. The number of aliphatic hydroxyl groups is 1. The van der Waals surface area contributed by atoms with Crippen molar-refractivity contribution >= 4 is 11.0 Å². The highest BCUT2D eigenvalue weighted by Crippen LogP contribution is 2.28. The minimum absolute atomic E-state index is 0.352. The van der Waals surface area contributed by atoms with Crippen LogP contribution in [-0.4, -0.2) is 19.6 Å². The average Bonchev–Trinajstić information content (AvgIpc) is 3.05. The van der Waals surface area contributed by atoms with Crippen LogP contribution in [0.5, 0.6) is 0 Å². The lowest BCUT2D eigenvalue weighted by Crippen LogP contribution is -2.15. The molecule has 0 aliphatic carbocycles. The number of benzene rings is 2. The Morgan fingerprint density at radius 2 is 1.92 bits per heavy atom. The molecule has 0 saturated carbocycles. The van der Waals surface area contributed by atoms with Gasteiger partial charge in [0.15, 0.2) is 0 Å². The summed E-state index contributed by atoms with van der Waals surface area (Å²) in [6.07, 6.45) is 4.53. The van der Waals surface area contributed by atoms with Crippen LogP contribution in [0.1, 0.15) is 19.4 Å². The van der Waals surface area contributed by atoms with E-state index in [-0.39, 0.29) is 5.82 Å². The van der Waals surface area contributed by atoms with Gasteiger partial charge < -0.3 is 5.11 Å². The van der Waals surface area contributed by atoms with E-state index < -0.39 is 5.60 Å². The number of rotatable bonds is 3. The van der Waals surface area contributed by atoms with Gasteiger partial charge >= 0.3 is 0 Å². The van der Waals surface area contributed by atoms with E-state index in [1.165, 1.54) is 6.20 Å². The Kier molecular flexibility index (Phi) is 3.81. The lowest BCUT2D eigenvalue weighted by atomic mass is 9.98. The van der Waals surface area contributed by atoms with Crippen molar-refractivity contribution in [1.82, 2.24) is 14.5 Å². The fourth-order valence-corrected chi connectivity index (χ4v) is 3.03. The largest absolute Gasteiger partial charge is 0.386 e. The average molecular weight is 347 g/mol. The highest BCUT2D eigenvalue weighted by Gasteiger charge is 2.17. The Bertz CT molecular complexity index is 1100. The Morgan fingerprint density at radius 3 is 2.69 bits per heavy atom. The molecule has 0 amide bonds. The third-order valence-corrected chi connectivity index (χ3v) is 4.46. The minimum atomic E-state index is -0.920. The van der Waals surface area contributed by atoms with Gasteiger partial charge in [-0.1, -0.05) is 18.2 Å². The maximum atomic E-state index is 14.1. The van der Waals surface area contributed by atoms with Crippen LogP contribution in [0.3, 0.4) is 0 Å². The normalized spacial score (nSPS) is 11.8. The molecule has 0 aliphatic rings. The van der Waals surface area contributed by atoms with Crippen LogP contribution in [0.25, 0.3) is 27.8 Å². The zero-order valence-corrected chi connectivity index (χ0v) is 14.5. The molecule has 0 saturated heterocycles. The van der Waals surface area contributed by atoms with Crippen LogP contribution >= 0.6 is 0 Å². The van der Waals surface area contributed by atoms with Gasteiger partial charge in [-0.25, -0.2) is 9.37 Å². The summed E-state index contributed by atoms with van der Waals surface area (Å²) < 4.78 is 16.0. The van der Waals surface area contributed by atoms with E-state index in [9.17, 15) is 9.50 Å². The lowest BCUT2D eigenvalue weighted by molar-refractivity contribution is 0.0787. The number of aromatic nitrogens is 3. The van der Waals surface area contributed by atoms with Gasteiger partial charge in [-0.3, -0.25) is 9.55 Å². The Balaban J connectivity index is 1.81. The van der Waals surface area contributed by atoms with Crippen LogP contribution in [0.2, 0.25) is 0 Å². The molecule has 2 heterocycles. The molecule has 0 bridgehead atoms. The smallest absolute Gasteiger partial charge is 0.149 e. The highest BCUT2D eigenvalue weighted by molar-refractivity contribution is 5.79. The molecule has 1 N–H and O–H groups in total. The van der Waals surface area contributed by atoms with Gasteiger partial charge in [-0.15, -0.1) is 0 Å². The van der Waals surface area contributed by atoms with E-state index in [0.717, 1.165) is 27.8 Å². The summed E-state index contributed by atoms with van der Waals surface area (Å²) in [5.74, 6) is -0.352. The Hall–Kier alpha value is -3.05. The molecule has 0 radical (unpaired) electrons. The second kappa shape index (κ2) is 6.04. The van der Waals surface area contributed by atoms with Crippen molar-refractivity contribution in [2.45, 2.75) is 19.4 Å². The van der Waals surface area contributed by atoms with E-state index in [4.69, 9.17) is 0 Å². The van der Waals surface area contributed by atoms with Gasteiger partial charge in [0.2, 0.25) is 0 Å². The van der Waals surface area contributed by atoms with Crippen molar-refractivity contribution < 1.29 is 9.50 Å². The molecule has 2 aromatic heterocycles. The first-order valence-corrected chi connectivity index (χ1v) is 8.34. The standard InChI is InChI=1S/C21H18FN3O/c1-21(2,26)15-6-7-20-19(11-15)24-13-25(20)16-5-3-4-14(10-16)17-8-9-23-12-18(17)22/h3-13,26H,1-2H3. The van der Waals surface area contributed by atoms with Crippen LogP contribution in [-0.2, 0) is 5.60 Å². The first-order chi connectivity index (χ1) is 12.4. The van der Waals surface area contributed by atoms with Crippen LogP contribution in [0, 0.1) is 5.82 Å². The fraction of sp³-hybridized carbons (Fsp3) is 0.143. The fourth-order valence-electron chi connectivity index (χ4n) is 3.03. The number of imidazole rings is 1. The molecule has 0 fully saturated rings. The predicted molar refractivity (Wildman–Crippen MR) is 99.5 cm³/mol. The van der Waals surface area contributed by atoms with E-state index in [1.54, 1.807) is 32.4 Å². The summed E-state index contributed by atoms with van der Waals surface area (Å²) in [6.45, 7) is 3.50. The van der Waals surface area contributed by atoms with Crippen LogP contribution in [0.4, 0.5) is 4.39 Å². The van der Waals surface area contributed by atoms with Gasteiger partial charge in [-0.2, -0.15) is 0 Å². The number of hydrogen-bond donors (Lipinski definition) is 1. The van der Waals surface area contributed by atoms with E-state index in [1.807, 2.05) is 47.0 Å². The monoisotopic (exact) mass is 347 g/mol. The molecule has 2 aromatic carbocycles. The SMILES string of the molecule is CC(C)(O)c1ccc2c(c1)ncn2-c1cccc(-c2ccncc2F)c1. The Morgan fingerprint density at radius 1 is 1.08 bits per heavy atom. The van der Waals surface area contributed by atoms with Gasteiger partial charge in [-0.05, 0) is 55.3 Å². The maximum Gasteiger partial charge on any atom is 0.149 e. The first-order valence-electron chi connectivity index (χ1n) is 8.34. The third kappa shape index (κ3) is 2.86. The van der Waals surface area contributed by atoms with E-state index >= 15 is 0 Å². The molecule has 26 heavy (non-hydrogen) atoms. The van der Waals surface area contributed by atoms with Gasteiger partial charge in [0.1, 0.15) is 12.1 Å². The summed E-state index contributed by atoms with van der Waals surface area (Å²) in [6, 6.07) is 15.0. The third-order valence-electron chi connectivity index (χ3n) is 4.46. The van der Waals surface area contributed by atoms with E-state index in [2.05, 4.69) is 9.97 Å². The summed E-state index contributed by atoms with van der Waals surface area (Å²) >= 11 is 0. The molecule has 0 aliphatic heterocycles. The molecule has 4 nitrogen and oxygen atoms in total. The summed E-state index contributed by atoms with van der Waals surface area (Å²) in [4.78, 5) is 8.26. The number of nitrogens with zero attached hydrogens (tertiary/aromatic N) is 3. The van der Waals surface area contributed by atoms with Crippen molar-refractivity contribution in [1.29, 1.82) is 0 Å². The lowest BCUT2D eigenvalue weighted by Gasteiger charge is -2.17. The molecule has 5 heteroatoms. The molecule has 0 unspecified atom stereocenters. The van der Waals surface area contributed by atoms with Crippen molar-refractivity contribution in [2.75, 3.05) is 0 Å². The summed E-state index contributed by atoms with van der Waals surface area (Å²) in [7, 11) is 0. The first kappa shape index (κ1) is 16.4. The molecule has 0 atom stereocenters. The number of pyridine rings is 1. The molecule has 130 valence electrons. The van der Waals surface area contributed by atoms with Gasteiger partial charge in [0.25, 0.3) is 0 Å². The molecular formula is C21H18FN3O. The summed E-state index contributed by atoms with van der Waals surface area (Å²) in [5, 5.41) is 10.2. The van der Waals surface area contributed by atoms with Crippen LogP contribution < -0.4 is 0 Å². The summed E-state index contributed by atoms with van der Waals surface area (Å²) in [5.41, 5.74) is 3.78. The molecule has 4 rings (SSSR count). The van der Waals surface area contributed by atoms with Crippen molar-refractivity contribution in [3.05, 3.63) is 78.6 Å².